The summed E-state index contributed by atoms with van der Waals surface area (Å²) >= 11 is 0. The third-order valence-electron chi connectivity index (χ3n) is 7.53. The predicted octanol–water partition coefficient (Wildman–Crippen LogP) is 6.50. The van der Waals surface area contributed by atoms with Crippen LogP contribution in [0, 0.1) is 0 Å². The smallest absolute Gasteiger partial charge is 0.407 e. The van der Waals surface area contributed by atoms with Crippen LogP contribution >= 0.6 is 0 Å². The SMILES string of the molecule is COC1CN(C(=O)O)CC(OCc2ccc3ccccc3c2)C1c1ccc(OCCCOCc2ccccc2)cc1. The molecule has 1 heterocycles. The minimum absolute atomic E-state index is 0.128. The van der Waals surface area contributed by atoms with Crippen LogP contribution in [-0.4, -0.2) is 61.7 Å². The monoisotopic (exact) mass is 555 g/mol. The normalized spacial score (nSPS) is 18.9. The molecule has 7 nitrogen and oxygen atoms in total. The van der Waals surface area contributed by atoms with Crippen LogP contribution in [0.2, 0.25) is 0 Å². The minimum Gasteiger partial charge on any atom is -0.494 e. The maximum absolute atomic E-state index is 11.9. The highest BCUT2D eigenvalue weighted by atomic mass is 16.5. The number of likely N-dealkylation sites (tertiary alicyclic amines) is 1. The van der Waals surface area contributed by atoms with Crippen LogP contribution in [0.4, 0.5) is 4.79 Å². The first-order valence-electron chi connectivity index (χ1n) is 14.0. The quantitative estimate of drug-likeness (QED) is 0.201. The standard InChI is InChI=1S/C34H37NO6/c1-38-31-21-35(34(36)37)22-32(41-24-26-12-13-27-10-5-6-11-29(27)20-26)33(31)28-14-16-30(17-15-28)40-19-7-18-39-23-25-8-3-2-4-9-25/h2-6,8-17,20,31-33H,7,18-19,21-24H2,1H3,(H,36,37). The molecule has 1 amide bonds. The molecule has 1 saturated heterocycles. The van der Waals surface area contributed by atoms with E-state index >= 15 is 0 Å². The third kappa shape index (κ3) is 7.64. The zero-order valence-corrected chi connectivity index (χ0v) is 23.4. The molecule has 4 aromatic carbocycles. The van der Waals surface area contributed by atoms with Gasteiger partial charge in [-0.25, -0.2) is 4.79 Å². The van der Waals surface area contributed by atoms with E-state index in [9.17, 15) is 9.90 Å². The molecule has 0 bridgehead atoms. The molecule has 1 aliphatic rings. The van der Waals surface area contributed by atoms with E-state index in [-0.39, 0.29) is 31.2 Å². The van der Waals surface area contributed by atoms with Crippen molar-refractivity contribution in [2.45, 2.75) is 37.8 Å². The Balaban J connectivity index is 1.20. The number of nitrogens with zero attached hydrogens (tertiary/aromatic N) is 1. The van der Waals surface area contributed by atoms with Gasteiger partial charge in [-0.2, -0.15) is 0 Å². The largest absolute Gasteiger partial charge is 0.494 e. The van der Waals surface area contributed by atoms with Crippen molar-refractivity contribution in [2.75, 3.05) is 33.4 Å². The molecule has 0 saturated carbocycles. The fourth-order valence-corrected chi connectivity index (χ4v) is 5.37. The Labute approximate surface area is 241 Å². The number of hydrogen-bond donors (Lipinski definition) is 1. The highest BCUT2D eigenvalue weighted by Gasteiger charge is 2.40. The van der Waals surface area contributed by atoms with Crippen molar-refractivity contribution >= 4 is 16.9 Å². The van der Waals surface area contributed by atoms with E-state index in [1.807, 2.05) is 54.6 Å². The van der Waals surface area contributed by atoms with Gasteiger partial charge in [0.25, 0.3) is 0 Å². The minimum atomic E-state index is -0.971. The van der Waals surface area contributed by atoms with Crippen molar-refractivity contribution in [3.8, 4) is 5.75 Å². The second kappa shape index (κ2) is 14.1. The van der Waals surface area contributed by atoms with Gasteiger partial charge < -0.3 is 29.0 Å². The van der Waals surface area contributed by atoms with Gasteiger partial charge in [-0.1, -0.05) is 78.9 Å². The molecule has 1 fully saturated rings. The number of amides is 1. The zero-order valence-electron chi connectivity index (χ0n) is 23.4. The molecule has 4 aromatic rings. The van der Waals surface area contributed by atoms with Gasteiger partial charge in [-0.05, 0) is 45.7 Å². The van der Waals surface area contributed by atoms with Gasteiger partial charge in [0.15, 0.2) is 0 Å². The van der Waals surface area contributed by atoms with E-state index in [0.29, 0.717) is 26.4 Å². The summed E-state index contributed by atoms with van der Waals surface area (Å²) in [5.74, 6) is 0.652. The highest BCUT2D eigenvalue weighted by molar-refractivity contribution is 5.82. The van der Waals surface area contributed by atoms with Crippen molar-refractivity contribution in [1.29, 1.82) is 0 Å². The number of hydrogen-bond acceptors (Lipinski definition) is 5. The Hall–Kier alpha value is -3.91. The number of carbonyl (C=O) groups is 1. The van der Waals surface area contributed by atoms with Crippen LogP contribution in [0.25, 0.3) is 10.8 Å². The van der Waals surface area contributed by atoms with Crippen molar-refractivity contribution in [2.24, 2.45) is 0 Å². The lowest BCUT2D eigenvalue weighted by Crippen LogP contribution is -2.54. The first kappa shape index (κ1) is 28.6. The number of carboxylic acid groups (broad SMARTS) is 1. The van der Waals surface area contributed by atoms with Gasteiger partial charge in [-0.3, -0.25) is 0 Å². The summed E-state index contributed by atoms with van der Waals surface area (Å²) in [5, 5.41) is 12.1. The molecule has 7 heteroatoms. The van der Waals surface area contributed by atoms with E-state index in [1.165, 1.54) is 10.3 Å². The molecule has 0 aliphatic carbocycles. The fraction of sp³-hybridized carbons (Fsp3) is 0.324. The van der Waals surface area contributed by atoms with E-state index in [4.69, 9.17) is 18.9 Å². The molecule has 0 radical (unpaired) electrons. The molecular formula is C34H37NO6. The van der Waals surface area contributed by atoms with E-state index in [1.54, 1.807) is 7.11 Å². The molecule has 0 spiro atoms. The van der Waals surface area contributed by atoms with Gasteiger partial charge in [0, 0.05) is 19.4 Å². The topological polar surface area (TPSA) is 77.5 Å². The van der Waals surface area contributed by atoms with Crippen LogP contribution in [0.5, 0.6) is 5.75 Å². The highest BCUT2D eigenvalue weighted by Crippen LogP contribution is 2.34. The average molecular weight is 556 g/mol. The van der Waals surface area contributed by atoms with Gasteiger partial charge in [0.05, 0.1) is 51.7 Å². The molecule has 1 N–H and O–H groups in total. The molecule has 5 rings (SSSR count). The fourth-order valence-electron chi connectivity index (χ4n) is 5.37. The summed E-state index contributed by atoms with van der Waals surface area (Å²) < 4.78 is 23.9. The molecule has 3 atom stereocenters. The zero-order chi connectivity index (χ0) is 28.4. The Kier molecular flexibility index (Phi) is 9.86. The molecule has 41 heavy (non-hydrogen) atoms. The number of ether oxygens (including phenoxy) is 4. The van der Waals surface area contributed by atoms with E-state index < -0.39 is 6.09 Å². The average Bonchev–Trinajstić information content (AvgIpc) is 3.02. The Morgan fingerprint density at radius 1 is 0.805 bits per heavy atom. The second-order valence-electron chi connectivity index (χ2n) is 10.3. The first-order chi connectivity index (χ1) is 20.1. The summed E-state index contributed by atoms with van der Waals surface area (Å²) in [5.41, 5.74) is 3.23. The number of rotatable bonds is 12. The Bertz CT molecular complexity index is 1390. The first-order valence-corrected chi connectivity index (χ1v) is 14.0. The molecule has 1 aliphatic heterocycles. The van der Waals surface area contributed by atoms with E-state index in [2.05, 4.69) is 42.5 Å². The lowest BCUT2D eigenvalue weighted by molar-refractivity contribution is -0.0778. The number of piperidine rings is 1. The maximum atomic E-state index is 11.9. The summed E-state index contributed by atoms with van der Waals surface area (Å²) in [6.45, 7) is 2.72. The van der Waals surface area contributed by atoms with Gasteiger partial charge in [-0.15, -0.1) is 0 Å². The van der Waals surface area contributed by atoms with Crippen LogP contribution in [0.3, 0.4) is 0 Å². The molecule has 3 unspecified atom stereocenters. The Morgan fingerprint density at radius 3 is 2.29 bits per heavy atom. The van der Waals surface area contributed by atoms with Gasteiger partial charge in [0.1, 0.15) is 5.75 Å². The van der Waals surface area contributed by atoms with Crippen LogP contribution < -0.4 is 4.74 Å². The lowest BCUT2D eigenvalue weighted by atomic mass is 9.84. The van der Waals surface area contributed by atoms with Crippen LogP contribution in [0.15, 0.2) is 97.1 Å². The summed E-state index contributed by atoms with van der Waals surface area (Å²) in [4.78, 5) is 13.3. The second-order valence-corrected chi connectivity index (χ2v) is 10.3. The van der Waals surface area contributed by atoms with Crippen LogP contribution in [-0.2, 0) is 27.4 Å². The predicted molar refractivity (Wildman–Crippen MR) is 158 cm³/mol. The van der Waals surface area contributed by atoms with Crippen molar-refractivity contribution < 1.29 is 28.8 Å². The summed E-state index contributed by atoms with van der Waals surface area (Å²) in [7, 11) is 1.63. The molecule has 214 valence electrons. The summed E-state index contributed by atoms with van der Waals surface area (Å²) in [6, 6.07) is 32.6. The number of benzene rings is 4. The summed E-state index contributed by atoms with van der Waals surface area (Å²) in [6.07, 6.45) is -0.889. The van der Waals surface area contributed by atoms with Crippen molar-refractivity contribution in [3.63, 3.8) is 0 Å². The van der Waals surface area contributed by atoms with E-state index in [0.717, 1.165) is 34.2 Å². The molecule has 0 aromatic heterocycles. The van der Waals surface area contributed by atoms with Crippen molar-refractivity contribution in [1.82, 2.24) is 4.90 Å². The number of methoxy groups -OCH3 is 1. The van der Waals surface area contributed by atoms with Gasteiger partial charge >= 0.3 is 6.09 Å². The third-order valence-corrected chi connectivity index (χ3v) is 7.53. The van der Waals surface area contributed by atoms with Crippen molar-refractivity contribution in [3.05, 3.63) is 114 Å². The van der Waals surface area contributed by atoms with Crippen LogP contribution in [0.1, 0.15) is 29.0 Å². The van der Waals surface area contributed by atoms with Gasteiger partial charge in [0.2, 0.25) is 0 Å². The number of fused-ring (bicyclic) bond motifs is 1. The molecular weight excluding hydrogens is 518 g/mol. The maximum Gasteiger partial charge on any atom is 0.407 e. The Morgan fingerprint density at radius 2 is 1.54 bits per heavy atom. The lowest BCUT2D eigenvalue weighted by Gasteiger charge is -2.42.